The molecule has 2 aromatic carbocycles. The van der Waals surface area contributed by atoms with Gasteiger partial charge in [-0.3, -0.25) is 9.48 Å². The van der Waals surface area contributed by atoms with Crippen LogP contribution in [0.15, 0.2) is 43.0 Å². The van der Waals surface area contributed by atoms with Gasteiger partial charge in [-0.25, -0.2) is 13.2 Å². The highest BCUT2D eigenvalue weighted by Gasteiger charge is 2.29. The number of hydrogen-bond acceptors (Lipinski definition) is 3. The minimum absolute atomic E-state index is 0.00460. The summed E-state index contributed by atoms with van der Waals surface area (Å²) in [6.07, 6.45) is 1.38. The topological polar surface area (TPSA) is 44.1 Å². The molecule has 0 aliphatic rings. The highest BCUT2D eigenvalue weighted by atomic mass is 35.5. The first kappa shape index (κ1) is 20.7. The van der Waals surface area contributed by atoms with E-state index in [2.05, 4.69) is 11.7 Å². The summed E-state index contributed by atoms with van der Waals surface area (Å²) < 4.78 is 48.3. The number of benzene rings is 2. The summed E-state index contributed by atoms with van der Waals surface area (Å²) in [5.74, 6) is -3.55. The second-order valence-corrected chi connectivity index (χ2v) is 6.65. The predicted molar refractivity (Wildman–Crippen MR) is 104 cm³/mol. The molecular weight excluding hydrogens is 405 g/mol. The number of rotatable bonds is 6. The van der Waals surface area contributed by atoms with Crippen LogP contribution in [0.1, 0.15) is 21.7 Å². The van der Waals surface area contributed by atoms with Crippen LogP contribution < -0.4 is 4.74 Å². The van der Waals surface area contributed by atoms with Crippen molar-refractivity contribution < 1.29 is 22.7 Å². The fourth-order valence-electron chi connectivity index (χ4n) is 3.08. The molecule has 0 atom stereocenters. The summed E-state index contributed by atoms with van der Waals surface area (Å²) in [5.41, 5.74) is 0.667. The summed E-state index contributed by atoms with van der Waals surface area (Å²) in [6.45, 7) is 5.07. The molecule has 1 heterocycles. The Morgan fingerprint density at radius 2 is 1.97 bits per heavy atom. The van der Waals surface area contributed by atoms with E-state index in [0.717, 1.165) is 12.1 Å². The second kappa shape index (κ2) is 8.13. The van der Waals surface area contributed by atoms with E-state index in [4.69, 9.17) is 16.3 Å². The van der Waals surface area contributed by atoms with E-state index in [1.807, 2.05) is 0 Å². The number of aromatic nitrogens is 2. The molecule has 29 heavy (non-hydrogen) atoms. The Morgan fingerprint density at radius 3 is 2.62 bits per heavy atom. The fraction of sp³-hybridized carbons (Fsp3) is 0.143. The van der Waals surface area contributed by atoms with E-state index in [0.29, 0.717) is 22.9 Å². The van der Waals surface area contributed by atoms with Gasteiger partial charge in [0.25, 0.3) is 0 Å². The van der Waals surface area contributed by atoms with Gasteiger partial charge in [-0.15, -0.1) is 0 Å². The van der Waals surface area contributed by atoms with Crippen molar-refractivity contribution in [3.8, 4) is 16.9 Å². The van der Waals surface area contributed by atoms with Crippen molar-refractivity contribution >= 4 is 17.4 Å². The SMILES string of the molecule is C=CCOc1cc(F)cc(F)c1C(=O)c1c(-c2ccc(F)cc2Cl)c(C)nn1C. The van der Waals surface area contributed by atoms with Crippen molar-refractivity contribution in [2.45, 2.75) is 6.92 Å². The van der Waals surface area contributed by atoms with Crippen molar-refractivity contribution in [3.63, 3.8) is 0 Å². The lowest BCUT2D eigenvalue weighted by Gasteiger charge is -2.13. The van der Waals surface area contributed by atoms with Crippen molar-refractivity contribution in [1.82, 2.24) is 9.78 Å². The molecule has 0 fully saturated rings. The van der Waals surface area contributed by atoms with Crippen molar-refractivity contribution in [2.24, 2.45) is 7.05 Å². The zero-order valence-corrected chi connectivity index (χ0v) is 16.4. The minimum atomic E-state index is -1.08. The third-order valence-electron chi connectivity index (χ3n) is 4.24. The van der Waals surface area contributed by atoms with Crippen molar-refractivity contribution in [2.75, 3.05) is 6.61 Å². The molecule has 0 saturated heterocycles. The summed E-state index contributed by atoms with van der Waals surface area (Å²) in [5, 5.41) is 4.29. The first-order valence-corrected chi connectivity index (χ1v) is 8.88. The molecular formula is C21H16ClF3N2O2. The number of nitrogens with zero attached hydrogens (tertiary/aromatic N) is 2. The van der Waals surface area contributed by atoms with E-state index >= 15 is 0 Å². The van der Waals surface area contributed by atoms with Gasteiger partial charge in [0.2, 0.25) is 5.78 Å². The molecule has 3 aromatic rings. The molecule has 3 rings (SSSR count). The first-order valence-electron chi connectivity index (χ1n) is 8.51. The smallest absolute Gasteiger partial charge is 0.218 e. The number of hydrogen-bond donors (Lipinski definition) is 0. The minimum Gasteiger partial charge on any atom is -0.489 e. The van der Waals surface area contributed by atoms with Crippen LogP contribution in [0.25, 0.3) is 11.1 Å². The Balaban J connectivity index is 2.23. The third kappa shape index (κ3) is 3.91. The van der Waals surface area contributed by atoms with Crippen LogP contribution in [0.2, 0.25) is 5.02 Å². The number of carbonyl (C=O) groups excluding carboxylic acids is 1. The van der Waals surface area contributed by atoms with E-state index in [9.17, 15) is 18.0 Å². The Morgan fingerprint density at radius 1 is 1.24 bits per heavy atom. The maximum Gasteiger partial charge on any atom is 0.218 e. The Hall–Kier alpha value is -3.06. The Kier molecular flexibility index (Phi) is 5.79. The van der Waals surface area contributed by atoms with Crippen molar-refractivity contribution in [3.05, 3.63) is 82.4 Å². The molecule has 0 unspecified atom stereocenters. The number of carbonyl (C=O) groups is 1. The average Bonchev–Trinajstić information content (AvgIpc) is 2.93. The van der Waals surface area contributed by atoms with E-state index in [1.165, 1.54) is 29.9 Å². The van der Waals surface area contributed by atoms with Crippen molar-refractivity contribution in [1.29, 1.82) is 0 Å². The summed E-state index contributed by atoms with van der Waals surface area (Å²) in [4.78, 5) is 13.3. The molecule has 0 bridgehead atoms. The Bertz CT molecular complexity index is 1130. The summed E-state index contributed by atoms with van der Waals surface area (Å²) in [6, 6.07) is 5.23. The number of aryl methyl sites for hydroxylation is 2. The van der Waals surface area contributed by atoms with Gasteiger partial charge in [0.1, 0.15) is 41.1 Å². The molecule has 0 amide bonds. The summed E-state index contributed by atoms with van der Waals surface area (Å²) in [7, 11) is 1.51. The van der Waals surface area contributed by atoms with Gasteiger partial charge in [-0.05, 0) is 25.1 Å². The van der Waals surface area contributed by atoms with Crippen LogP contribution in [0.3, 0.4) is 0 Å². The molecule has 0 aliphatic heterocycles. The lowest BCUT2D eigenvalue weighted by Crippen LogP contribution is -2.14. The van der Waals surface area contributed by atoms with Crippen LogP contribution in [0.5, 0.6) is 5.75 Å². The van der Waals surface area contributed by atoms with Gasteiger partial charge < -0.3 is 4.74 Å². The molecule has 0 spiro atoms. The molecule has 8 heteroatoms. The highest BCUT2D eigenvalue weighted by Crippen LogP contribution is 2.36. The van der Waals surface area contributed by atoms with Gasteiger partial charge in [0, 0.05) is 30.3 Å². The van der Waals surface area contributed by atoms with Gasteiger partial charge in [0.15, 0.2) is 0 Å². The molecule has 1 aromatic heterocycles. The van der Waals surface area contributed by atoms with Crippen LogP contribution in [0.4, 0.5) is 13.2 Å². The molecule has 0 N–H and O–H groups in total. The zero-order chi connectivity index (χ0) is 21.3. The standard InChI is InChI=1S/C21H16ClF3N2O2/c1-4-7-29-17-10-13(24)9-16(25)19(17)21(28)20-18(11(2)26-27(20)3)14-6-5-12(23)8-15(14)22/h4-6,8-10H,1,7H2,2-3H3. The Labute approximate surface area is 170 Å². The van der Waals surface area contributed by atoms with Gasteiger partial charge in [-0.2, -0.15) is 5.10 Å². The van der Waals surface area contributed by atoms with Gasteiger partial charge >= 0.3 is 0 Å². The number of ketones is 1. The van der Waals surface area contributed by atoms with Crippen LogP contribution >= 0.6 is 11.6 Å². The quantitative estimate of drug-likeness (QED) is 0.403. The molecule has 0 aliphatic carbocycles. The average molecular weight is 421 g/mol. The van der Waals surface area contributed by atoms with Gasteiger partial charge in [0.05, 0.1) is 10.7 Å². The van der Waals surface area contributed by atoms with Crippen LogP contribution in [-0.4, -0.2) is 22.2 Å². The van der Waals surface area contributed by atoms with Gasteiger partial charge in [-0.1, -0.05) is 24.3 Å². The lowest BCUT2D eigenvalue weighted by molar-refractivity contribution is 0.102. The fourth-order valence-corrected chi connectivity index (χ4v) is 3.35. The second-order valence-electron chi connectivity index (χ2n) is 6.25. The van der Waals surface area contributed by atoms with Crippen LogP contribution in [0, 0.1) is 24.4 Å². The van der Waals surface area contributed by atoms with E-state index < -0.39 is 28.8 Å². The third-order valence-corrected chi connectivity index (χ3v) is 4.55. The molecule has 0 saturated carbocycles. The number of ether oxygens (including phenoxy) is 1. The molecule has 0 radical (unpaired) electrons. The maximum atomic E-state index is 14.6. The maximum absolute atomic E-state index is 14.6. The largest absolute Gasteiger partial charge is 0.489 e. The van der Waals surface area contributed by atoms with E-state index in [-0.39, 0.29) is 23.1 Å². The summed E-state index contributed by atoms with van der Waals surface area (Å²) >= 11 is 6.17. The molecule has 150 valence electrons. The molecule has 4 nitrogen and oxygen atoms in total. The first-order chi connectivity index (χ1) is 13.7. The highest BCUT2D eigenvalue weighted by molar-refractivity contribution is 6.33. The normalized spacial score (nSPS) is 10.8. The number of halogens is 4. The van der Waals surface area contributed by atoms with E-state index in [1.54, 1.807) is 6.92 Å². The monoisotopic (exact) mass is 420 g/mol. The predicted octanol–water partition coefficient (Wildman–Crippen LogP) is 5.26. The lowest BCUT2D eigenvalue weighted by atomic mass is 9.97. The zero-order valence-electron chi connectivity index (χ0n) is 15.6. The van der Waals surface area contributed by atoms with Crippen LogP contribution in [-0.2, 0) is 7.05 Å².